The Labute approximate surface area is 137 Å². The van der Waals surface area contributed by atoms with Crippen molar-refractivity contribution >= 4 is 50.7 Å². The Bertz CT molecular complexity index is 780. The van der Waals surface area contributed by atoms with Gasteiger partial charge in [0, 0.05) is 20.5 Å². The Morgan fingerprint density at radius 3 is 2.43 bits per heavy atom. The molecular weight excluding hydrogens is 351 g/mol. The molecule has 8 heteroatoms. The van der Waals surface area contributed by atoms with Crippen LogP contribution < -0.4 is 10.5 Å². The summed E-state index contributed by atoms with van der Waals surface area (Å²) >= 11 is 13.4. The Morgan fingerprint density at radius 2 is 1.81 bits per heavy atom. The van der Waals surface area contributed by atoms with Gasteiger partial charge in [-0.25, -0.2) is 13.1 Å². The van der Waals surface area contributed by atoms with Gasteiger partial charge in [-0.2, -0.15) is 0 Å². The Kier molecular flexibility index (Phi) is 5.06. The van der Waals surface area contributed by atoms with Crippen LogP contribution in [0.1, 0.15) is 0 Å². The van der Waals surface area contributed by atoms with Crippen molar-refractivity contribution in [2.45, 2.75) is 14.7 Å². The van der Waals surface area contributed by atoms with E-state index in [1.807, 2.05) is 0 Å². The minimum absolute atomic E-state index is 0.115. The van der Waals surface area contributed by atoms with Gasteiger partial charge in [0.2, 0.25) is 10.0 Å². The summed E-state index contributed by atoms with van der Waals surface area (Å²) in [5.74, 6) is 0. The third-order valence-electron chi connectivity index (χ3n) is 2.67. The first-order chi connectivity index (χ1) is 9.83. The summed E-state index contributed by atoms with van der Waals surface area (Å²) in [7, 11) is -2.16. The molecule has 0 amide bonds. The first kappa shape index (κ1) is 16.5. The van der Waals surface area contributed by atoms with Gasteiger partial charge in [0.1, 0.15) is 0 Å². The van der Waals surface area contributed by atoms with E-state index in [-0.39, 0.29) is 4.90 Å². The van der Waals surface area contributed by atoms with Gasteiger partial charge in [-0.1, -0.05) is 35.0 Å². The standard InChI is InChI=1S/C13H12Cl2N2O2S2/c1-17-21(18,19)9-3-5-12(11(16)7-9)20-13-6-8(14)2-4-10(13)15/h2-7,17H,16H2,1H3. The lowest BCUT2D eigenvalue weighted by Gasteiger charge is -2.09. The molecule has 0 aliphatic heterocycles. The van der Waals surface area contributed by atoms with E-state index in [9.17, 15) is 8.42 Å². The van der Waals surface area contributed by atoms with E-state index < -0.39 is 10.0 Å². The molecule has 0 radical (unpaired) electrons. The Balaban J connectivity index is 2.36. The van der Waals surface area contributed by atoms with Crippen LogP contribution >= 0.6 is 35.0 Å². The lowest BCUT2D eigenvalue weighted by molar-refractivity contribution is 0.588. The zero-order valence-corrected chi connectivity index (χ0v) is 14.1. The van der Waals surface area contributed by atoms with Gasteiger partial charge in [0.05, 0.1) is 9.92 Å². The minimum Gasteiger partial charge on any atom is -0.398 e. The molecule has 21 heavy (non-hydrogen) atoms. The highest BCUT2D eigenvalue weighted by Crippen LogP contribution is 2.38. The summed E-state index contributed by atoms with van der Waals surface area (Å²) in [6.07, 6.45) is 0. The van der Waals surface area contributed by atoms with Crippen molar-refractivity contribution < 1.29 is 8.42 Å². The number of nitrogens with two attached hydrogens (primary N) is 1. The highest BCUT2D eigenvalue weighted by Gasteiger charge is 2.14. The monoisotopic (exact) mass is 362 g/mol. The average molecular weight is 363 g/mol. The second-order valence-corrected chi connectivity index (χ2v) is 7.90. The van der Waals surface area contributed by atoms with Gasteiger partial charge in [0.25, 0.3) is 0 Å². The molecule has 2 aromatic rings. The highest BCUT2D eigenvalue weighted by atomic mass is 35.5. The van der Waals surface area contributed by atoms with Crippen LogP contribution in [0.4, 0.5) is 5.69 Å². The van der Waals surface area contributed by atoms with Crippen molar-refractivity contribution in [3.8, 4) is 0 Å². The van der Waals surface area contributed by atoms with Crippen molar-refractivity contribution in [1.29, 1.82) is 0 Å². The number of hydrogen-bond acceptors (Lipinski definition) is 4. The molecule has 0 atom stereocenters. The van der Waals surface area contributed by atoms with Crippen molar-refractivity contribution in [2.24, 2.45) is 0 Å². The van der Waals surface area contributed by atoms with Crippen molar-refractivity contribution in [3.63, 3.8) is 0 Å². The summed E-state index contributed by atoms with van der Waals surface area (Å²) in [6, 6.07) is 9.66. The fourth-order valence-electron chi connectivity index (χ4n) is 1.58. The summed E-state index contributed by atoms with van der Waals surface area (Å²) < 4.78 is 25.7. The summed E-state index contributed by atoms with van der Waals surface area (Å²) in [6.45, 7) is 0. The maximum atomic E-state index is 11.7. The molecule has 2 rings (SSSR count). The van der Waals surface area contributed by atoms with Gasteiger partial charge < -0.3 is 5.73 Å². The maximum Gasteiger partial charge on any atom is 0.240 e. The van der Waals surface area contributed by atoms with Crippen molar-refractivity contribution in [1.82, 2.24) is 4.72 Å². The van der Waals surface area contributed by atoms with Crippen LogP contribution in [-0.4, -0.2) is 15.5 Å². The number of hydrogen-bond donors (Lipinski definition) is 2. The number of rotatable bonds is 4. The van der Waals surface area contributed by atoms with Gasteiger partial charge in [-0.3, -0.25) is 0 Å². The molecule has 0 saturated heterocycles. The van der Waals surface area contributed by atoms with E-state index >= 15 is 0 Å². The highest BCUT2D eigenvalue weighted by molar-refractivity contribution is 7.99. The summed E-state index contributed by atoms with van der Waals surface area (Å²) in [4.78, 5) is 1.57. The first-order valence-corrected chi connectivity index (χ1v) is 8.85. The van der Waals surface area contributed by atoms with E-state index in [0.29, 0.717) is 20.6 Å². The molecule has 0 fully saturated rings. The zero-order chi connectivity index (χ0) is 15.6. The number of sulfonamides is 1. The third-order valence-corrected chi connectivity index (χ3v) is 5.91. The van der Waals surface area contributed by atoms with E-state index in [1.54, 1.807) is 24.3 Å². The largest absolute Gasteiger partial charge is 0.398 e. The number of halogens is 2. The predicted molar refractivity (Wildman–Crippen MR) is 87.7 cm³/mol. The molecule has 0 spiro atoms. The number of nitrogens with one attached hydrogen (secondary N) is 1. The predicted octanol–water partition coefficient (Wildman–Crippen LogP) is 3.63. The van der Waals surface area contributed by atoms with Crippen LogP contribution in [0.3, 0.4) is 0 Å². The Hall–Kier alpha value is -0.920. The summed E-state index contributed by atoms with van der Waals surface area (Å²) in [5.41, 5.74) is 6.27. The van der Waals surface area contributed by atoms with Crippen LogP contribution in [0, 0.1) is 0 Å². The molecule has 0 heterocycles. The maximum absolute atomic E-state index is 11.7. The van der Waals surface area contributed by atoms with E-state index in [1.165, 1.54) is 30.9 Å². The second kappa shape index (κ2) is 6.46. The molecule has 0 bridgehead atoms. The quantitative estimate of drug-likeness (QED) is 0.814. The normalized spacial score (nSPS) is 11.6. The molecule has 0 aliphatic rings. The van der Waals surface area contributed by atoms with Gasteiger partial charge >= 0.3 is 0 Å². The third kappa shape index (κ3) is 3.84. The molecule has 0 unspecified atom stereocenters. The van der Waals surface area contributed by atoms with Crippen molar-refractivity contribution in [3.05, 3.63) is 46.4 Å². The topological polar surface area (TPSA) is 72.2 Å². The first-order valence-electron chi connectivity index (χ1n) is 5.79. The fourth-order valence-corrected chi connectivity index (χ4v) is 3.71. The molecule has 112 valence electrons. The minimum atomic E-state index is -3.51. The smallest absolute Gasteiger partial charge is 0.240 e. The molecule has 0 aromatic heterocycles. The van der Waals surface area contributed by atoms with E-state index in [4.69, 9.17) is 28.9 Å². The van der Waals surface area contributed by atoms with Gasteiger partial charge in [-0.15, -0.1) is 0 Å². The van der Waals surface area contributed by atoms with Crippen molar-refractivity contribution in [2.75, 3.05) is 12.8 Å². The molecular formula is C13H12Cl2N2O2S2. The van der Waals surface area contributed by atoms with E-state index in [0.717, 1.165) is 4.90 Å². The van der Waals surface area contributed by atoms with Gasteiger partial charge in [-0.05, 0) is 43.4 Å². The van der Waals surface area contributed by atoms with Crippen LogP contribution in [-0.2, 0) is 10.0 Å². The number of anilines is 1. The zero-order valence-electron chi connectivity index (χ0n) is 10.9. The molecule has 3 N–H and O–H groups in total. The van der Waals surface area contributed by atoms with Crippen LogP contribution in [0.2, 0.25) is 10.0 Å². The second-order valence-electron chi connectivity index (χ2n) is 4.08. The molecule has 0 saturated carbocycles. The van der Waals surface area contributed by atoms with Crippen LogP contribution in [0.5, 0.6) is 0 Å². The fraction of sp³-hybridized carbons (Fsp3) is 0.0769. The molecule has 4 nitrogen and oxygen atoms in total. The van der Waals surface area contributed by atoms with Crippen LogP contribution in [0.15, 0.2) is 51.1 Å². The van der Waals surface area contributed by atoms with E-state index in [2.05, 4.69) is 4.72 Å². The number of benzene rings is 2. The number of nitrogen functional groups attached to an aromatic ring is 1. The van der Waals surface area contributed by atoms with Gasteiger partial charge in [0.15, 0.2) is 0 Å². The molecule has 2 aromatic carbocycles. The summed E-state index contributed by atoms with van der Waals surface area (Å²) in [5, 5.41) is 1.12. The average Bonchev–Trinajstić information content (AvgIpc) is 2.44. The SMILES string of the molecule is CNS(=O)(=O)c1ccc(Sc2cc(Cl)ccc2Cl)c(N)c1. The lowest BCUT2D eigenvalue weighted by atomic mass is 10.3. The Morgan fingerprint density at radius 1 is 1.10 bits per heavy atom. The molecule has 0 aliphatic carbocycles. The van der Waals surface area contributed by atoms with Crippen LogP contribution in [0.25, 0.3) is 0 Å². The lowest BCUT2D eigenvalue weighted by Crippen LogP contribution is -2.18.